The number of hydrogen-bond acceptors (Lipinski definition) is 5. The van der Waals surface area contributed by atoms with Gasteiger partial charge in [0.15, 0.2) is 11.7 Å². The van der Waals surface area contributed by atoms with E-state index in [0.29, 0.717) is 25.5 Å². The molecule has 0 saturated carbocycles. The Balaban J connectivity index is 1.88. The molecule has 144 valence electrons. The van der Waals surface area contributed by atoms with Gasteiger partial charge in [0, 0.05) is 13.1 Å². The Kier molecular flexibility index (Phi) is 7.24. The van der Waals surface area contributed by atoms with Crippen molar-refractivity contribution in [1.29, 1.82) is 0 Å². The van der Waals surface area contributed by atoms with E-state index in [1.165, 1.54) is 6.26 Å². The zero-order chi connectivity index (χ0) is 19.0. The molecule has 1 aliphatic rings. The summed E-state index contributed by atoms with van der Waals surface area (Å²) in [6.45, 7) is 5.11. The molecule has 0 fully saturated rings. The highest BCUT2D eigenvalue weighted by Gasteiger charge is 2.46. The van der Waals surface area contributed by atoms with Crippen LogP contribution in [0.15, 0.2) is 27.8 Å². The fourth-order valence-corrected chi connectivity index (χ4v) is 3.22. The first-order valence-corrected chi connectivity index (χ1v) is 9.53. The second-order valence-electron chi connectivity index (χ2n) is 6.75. The smallest absolute Gasteiger partial charge is 0.286 e. The summed E-state index contributed by atoms with van der Waals surface area (Å²) in [4.78, 5) is 31.0. The molecule has 7 heteroatoms. The molecule has 0 aromatic carbocycles. The Labute approximate surface area is 155 Å². The van der Waals surface area contributed by atoms with Gasteiger partial charge >= 0.3 is 0 Å². The minimum atomic E-state index is -0.687. The summed E-state index contributed by atoms with van der Waals surface area (Å²) < 4.78 is 5.05. The number of hydrogen-bond donors (Lipinski definition) is 2. The van der Waals surface area contributed by atoms with Crippen LogP contribution in [0.5, 0.6) is 0 Å². The zero-order valence-corrected chi connectivity index (χ0v) is 15.8. The van der Waals surface area contributed by atoms with E-state index in [2.05, 4.69) is 24.2 Å². The SMILES string of the molecule is CCCCC1(CCCC)N=C(N)N(CCCNC(=O)c2ccco2)C1=O. The van der Waals surface area contributed by atoms with Gasteiger partial charge in [-0.05, 0) is 31.4 Å². The summed E-state index contributed by atoms with van der Waals surface area (Å²) in [5.41, 5.74) is 5.37. The molecule has 0 aliphatic carbocycles. The van der Waals surface area contributed by atoms with Crippen molar-refractivity contribution in [3.05, 3.63) is 24.2 Å². The van der Waals surface area contributed by atoms with Crippen molar-refractivity contribution in [3.8, 4) is 0 Å². The lowest BCUT2D eigenvalue weighted by Gasteiger charge is -2.26. The molecule has 1 aromatic rings. The molecule has 0 spiro atoms. The van der Waals surface area contributed by atoms with Gasteiger partial charge in [0.05, 0.1) is 6.26 Å². The van der Waals surface area contributed by atoms with Gasteiger partial charge in [-0.3, -0.25) is 14.5 Å². The van der Waals surface area contributed by atoms with Gasteiger partial charge in [0.2, 0.25) is 0 Å². The summed E-state index contributed by atoms with van der Waals surface area (Å²) in [6.07, 6.45) is 7.51. The molecule has 7 nitrogen and oxygen atoms in total. The first-order chi connectivity index (χ1) is 12.5. The average Bonchev–Trinajstić information content (AvgIpc) is 3.24. The predicted molar refractivity (Wildman–Crippen MR) is 101 cm³/mol. The van der Waals surface area contributed by atoms with Crippen LogP contribution in [-0.2, 0) is 4.79 Å². The van der Waals surface area contributed by atoms with Crippen LogP contribution in [0.25, 0.3) is 0 Å². The van der Waals surface area contributed by atoms with Crippen LogP contribution in [0.1, 0.15) is 69.3 Å². The van der Waals surface area contributed by atoms with E-state index in [9.17, 15) is 9.59 Å². The van der Waals surface area contributed by atoms with E-state index in [4.69, 9.17) is 10.2 Å². The predicted octanol–water partition coefficient (Wildman–Crippen LogP) is 2.68. The molecule has 0 atom stereocenters. The molecular formula is C19H30N4O3. The fraction of sp³-hybridized carbons (Fsp3) is 0.632. The zero-order valence-electron chi connectivity index (χ0n) is 15.8. The maximum Gasteiger partial charge on any atom is 0.286 e. The van der Waals surface area contributed by atoms with Crippen molar-refractivity contribution in [2.45, 2.75) is 64.3 Å². The maximum atomic E-state index is 13.0. The molecular weight excluding hydrogens is 332 g/mol. The van der Waals surface area contributed by atoms with Crippen molar-refractivity contribution in [2.75, 3.05) is 13.1 Å². The highest BCUT2D eigenvalue weighted by molar-refractivity contribution is 6.06. The van der Waals surface area contributed by atoms with Crippen LogP contribution in [-0.4, -0.2) is 41.3 Å². The van der Waals surface area contributed by atoms with Crippen LogP contribution < -0.4 is 11.1 Å². The van der Waals surface area contributed by atoms with Crippen molar-refractivity contribution in [3.63, 3.8) is 0 Å². The van der Waals surface area contributed by atoms with Gasteiger partial charge in [-0.15, -0.1) is 0 Å². The lowest BCUT2D eigenvalue weighted by molar-refractivity contribution is -0.131. The number of nitrogens with one attached hydrogen (secondary N) is 1. The van der Waals surface area contributed by atoms with E-state index in [1.54, 1.807) is 17.0 Å². The van der Waals surface area contributed by atoms with Gasteiger partial charge in [0.25, 0.3) is 11.8 Å². The molecule has 3 N–H and O–H groups in total. The lowest BCUT2D eigenvalue weighted by atomic mass is 9.87. The van der Waals surface area contributed by atoms with Crippen molar-refractivity contribution < 1.29 is 14.0 Å². The number of amides is 2. The third-order valence-corrected chi connectivity index (χ3v) is 4.73. The van der Waals surface area contributed by atoms with Crippen LogP contribution in [0.2, 0.25) is 0 Å². The van der Waals surface area contributed by atoms with Crippen molar-refractivity contribution >= 4 is 17.8 Å². The normalized spacial score (nSPS) is 16.0. The molecule has 0 bridgehead atoms. The van der Waals surface area contributed by atoms with Crippen molar-refractivity contribution in [1.82, 2.24) is 10.2 Å². The number of nitrogens with zero attached hydrogens (tertiary/aromatic N) is 2. The van der Waals surface area contributed by atoms with Gasteiger partial charge < -0.3 is 15.5 Å². The third kappa shape index (κ3) is 4.65. The maximum absolute atomic E-state index is 13.0. The number of rotatable bonds is 11. The van der Waals surface area contributed by atoms with Crippen LogP contribution in [0.3, 0.4) is 0 Å². The molecule has 0 radical (unpaired) electrons. The minimum absolute atomic E-state index is 0.00858. The highest BCUT2D eigenvalue weighted by Crippen LogP contribution is 2.32. The highest BCUT2D eigenvalue weighted by atomic mass is 16.3. The van der Waals surface area contributed by atoms with Gasteiger partial charge in [-0.2, -0.15) is 0 Å². The lowest BCUT2D eigenvalue weighted by Crippen LogP contribution is -2.45. The number of guanidine groups is 1. The molecule has 2 rings (SSSR count). The van der Waals surface area contributed by atoms with E-state index in [1.807, 2.05) is 0 Å². The van der Waals surface area contributed by atoms with Crippen LogP contribution in [0.4, 0.5) is 0 Å². The summed E-state index contributed by atoms with van der Waals surface area (Å²) >= 11 is 0. The largest absolute Gasteiger partial charge is 0.459 e. The minimum Gasteiger partial charge on any atom is -0.459 e. The topological polar surface area (TPSA) is 101 Å². The summed E-state index contributed by atoms with van der Waals surface area (Å²) in [5.74, 6) is 0.333. The fourth-order valence-electron chi connectivity index (χ4n) is 3.22. The Morgan fingerprint density at radius 3 is 2.54 bits per heavy atom. The molecule has 0 saturated heterocycles. The number of aliphatic imine (C=N–C) groups is 1. The van der Waals surface area contributed by atoms with E-state index >= 15 is 0 Å². The van der Waals surface area contributed by atoms with E-state index in [-0.39, 0.29) is 17.6 Å². The van der Waals surface area contributed by atoms with Crippen molar-refractivity contribution in [2.24, 2.45) is 10.7 Å². The standard InChI is InChI=1S/C19H30N4O3/c1-3-5-10-19(11-6-4-2)17(25)23(18(20)22-19)13-8-12-21-16(24)15-9-7-14-26-15/h7,9,14H,3-6,8,10-13H2,1-2H3,(H2,20,22)(H,21,24). The Morgan fingerprint density at radius 1 is 1.27 bits per heavy atom. The Morgan fingerprint density at radius 2 is 1.96 bits per heavy atom. The summed E-state index contributed by atoms with van der Waals surface area (Å²) in [6, 6.07) is 3.28. The van der Waals surface area contributed by atoms with E-state index in [0.717, 1.165) is 38.5 Å². The van der Waals surface area contributed by atoms with Gasteiger partial charge in [-0.25, -0.2) is 4.99 Å². The summed E-state index contributed by atoms with van der Waals surface area (Å²) in [5, 5.41) is 2.78. The molecule has 1 aliphatic heterocycles. The number of nitrogens with two attached hydrogens (primary N) is 1. The number of carbonyl (C=O) groups excluding carboxylic acids is 2. The molecule has 1 aromatic heterocycles. The number of carbonyl (C=O) groups is 2. The first kappa shape index (κ1) is 20.0. The summed E-state index contributed by atoms with van der Waals surface area (Å²) in [7, 11) is 0. The quantitative estimate of drug-likeness (QED) is 0.591. The monoisotopic (exact) mass is 362 g/mol. The Bertz CT molecular complexity index is 617. The molecule has 26 heavy (non-hydrogen) atoms. The molecule has 2 heterocycles. The third-order valence-electron chi connectivity index (χ3n) is 4.73. The second kappa shape index (κ2) is 9.40. The van der Waals surface area contributed by atoms with Gasteiger partial charge in [-0.1, -0.05) is 39.5 Å². The molecule has 0 unspecified atom stereocenters. The first-order valence-electron chi connectivity index (χ1n) is 9.53. The van der Waals surface area contributed by atoms with Crippen LogP contribution in [0, 0.1) is 0 Å². The number of furan rings is 1. The van der Waals surface area contributed by atoms with Gasteiger partial charge in [0.1, 0.15) is 5.54 Å². The van der Waals surface area contributed by atoms with E-state index < -0.39 is 5.54 Å². The van der Waals surface area contributed by atoms with Crippen LogP contribution >= 0.6 is 0 Å². The average molecular weight is 362 g/mol. The number of unbranched alkanes of at least 4 members (excludes halogenated alkanes) is 2. The Hall–Kier alpha value is -2.31. The molecule has 2 amide bonds. The second-order valence-corrected chi connectivity index (χ2v) is 6.75.